The summed E-state index contributed by atoms with van der Waals surface area (Å²) in [4.78, 5) is 31.0. The molecule has 11 heteroatoms. The highest BCUT2D eigenvalue weighted by Gasteiger charge is 2.34. The number of anilines is 2. The Morgan fingerprint density at radius 1 is 0.895 bits per heavy atom. The van der Waals surface area contributed by atoms with Crippen molar-refractivity contribution in [3.05, 3.63) is 83.0 Å². The topological polar surface area (TPSA) is 96.9 Å². The first-order valence-electron chi connectivity index (χ1n) is 12.2. The number of halogens is 2. The second kappa shape index (κ2) is 14.1. The van der Waals surface area contributed by atoms with Crippen molar-refractivity contribution in [2.24, 2.45) is 0 Å². The number of amides is 2. The molecule has 0 unspecified atom stereocenters. The van der Waals surface area contributed by atoms with Gasteiger partial charge in [0.25, 0.3) is 10.0 Å². The lowest BCUT2D eigenvalue weighted by Crippen LogP contribution is -2.45. The van der Waals surface area contributed by atoms with Crippen LogP contribution in [0.4, 0.5) is 16.3 Å². The fourth-order valence-corrected chi connectivity index (χ4v) is 5.53. The molecular weight excluding hydrogens is 549 g/mol. The van der Waals surface area contributed by atoms with E-state index in [-0.39, 0.29) is 28.3 Å². The summed E-state index contributed by atoms with van der Waals surface area (Å²) < 4.78 is 33.3. The molecule has 2 amide bonds. The first-order valence-corrected chi connectivity index (χ1v) is 14.4. The standard InChI is InChI=1S/C27H29Cl2N3O5S/c1-2-37-26(33)13-5-3-4-8-19-31(38(35,36)24-11-9-10-22(29)20-24)27(34)32(25-12-6-7-18-30-25)23-16-14-21(28)15-17-23/h6-7,9-12,14-18,20H,2-5,8,13,19H2,1H3. The maximum absolute atomic E-state index is 14.0. The number of rotatable bonds is 12. The van der Waals surface area contributed by atoms with Crippen molar-refractivity contribution in [1.82, 2.24) is 9.29 Å². The smallest absolute Gasteiger partial charge is 0.344 e. The van der Waals surface area contributed by atoms with Crippen LogP contribution in [-0.2, 0) is 19.6 Å². The van der Waals surface area contributed by atoms with Gasteiger partial charge >= 0.3 is 12.0 Å². The van der Waals surface area contributed by atoms with Crippen LogP contribution in [0.2, 0.25) is 10.0 Å². The van der Waals surface area contributed by atoms with Crippen LogP contribution in [0, 0.1) is 0 Å². The fraction of sp³-hybridized carbons (Fsp3) is 0.296. The number of benzene rings is 2. The van der Waals surface area contributed by atoms with E-state index in [9.17, 15) is 18.0 Å². The zero-order valence-electron chi connectivity index (χ0n) is 20.9. The van der Waals surface area contributed by atoms with Crippen molar-refractivity contribution in [3.8, 4) is 0 Å². The normalized spacial score (nSPS) is 11.1. The van der Waals surface area contributed by atoms with E-state index in [0.29, 0.717) is 49.4 Å². The minimum atomic E-state index is -4.28. The van der Waals surface area contributed by atoms with E-state index in [4.69, 9.17) is 27.9 Å². The lowest BCUT2D eigenvalue weighted by molar-refractivity contribution is -0.143. The number of sulfonamides is 1. The third-order valence-corrected chi connectivity index (χ3v) is 7.81. The molecule has 0 aliphatic carbocycles. The van der Waals surface area contributed by atoms with Crippen LogP contribution in [0.3, 0.4) is 0 Å². The Hall–Kier alpha value is -3.14. The number of nitrogens with zero attached hydrogens (tertiary/aromatic N) is 3. The largest absolute Gasteiger partial charge is 0.466 e. The molecule has 0 atom stereocenters. The summed E-state index contributed by atoms with van der Waals surface area (Å²) in [6.07, 6.45) is 4.11. The van der Waals surface area contributed by atoms with E-state index >= 15 is 0 Å². The van der Waals surface area contributed by atoms with Gasteiger partial charge in [-0.2, -0.15) is 0 Å². The Bertz CT molecular complexity index is 1320. The Labute approximate surface area is 233 Å². The Balaban J connectivity index is 1.90. The van der Waals surface area contributed by atoms with Crippen molar-refractivity contribution < 1.29 is 22.7 Å². The lowest BCUT2D eigenvalue weighted by Gasteiger charge is -2.30. The number of pyridine rings is 1. The molecule has 3 rings (SSSR count). The highest BCUT2D eigenvalue weighted by molar-refractivity contribution is 7.89. The molecule has 2 aromatic carbocycles. The molecule has 0 bridgehead atoms. The average Bonchev–Trinajstić information content (AvgIpc) is 2.90. The molecule has 0 radical (unpaired) electrons. The highest BCUT2D eigenvalue weighted by Crippen LogP contribution is 2.29. The van der Waals surface area contributed by atoms with Crippen LogP contribution in [0.5, 0.6) is 0 Å². The Morgan fingerprint density at radius 3 is 2.29 bits per heavy atom. The molecule has 1 heterocycles. The lowest BCUT2D eigenvalue weighted by atomic mass is 10.1. The minimum Gasteiger partial charge on any atom is -0.466 e. The van der Waals surface area contributed by atoms with E-state index in [0.717, 1.165) is 4.31 Å². The number of carbonyl (C=O) groups excluding carboxylic acids is 2. The predicted molar refractivity (Wildman–Crippen MR) is 148 cm³/mol. The van der Waals surface area contributed by atoms with Crippen LogP contribution >= 0.6 is 23.2 Å². The number of aromatic nitrogens is 1. The molecule has 0 aliphatic heterocycles. The van der Waals surface area contributed by atoms with Gasteiger partial charge in [0.1, 0.15) is 5.82 Å². The highest BCUT2D eigenvalue weighted by atomic mass is 35.5. The fourth-order valence-electron chi connectivity index (χ4n) is 3.71. The Morgan fingerprint density at radius 2 is 1.63 bits per heavy atom. The van der Waals surface area contributed by atoms with Gasteiger partial charge in [-0.15, -0.1) is 0 Å². The number of hydrogen-bond donors (Lipinski definition) is 0. The van der Waals surface area contributed by atoms with E-state index in [1.807, 2.05) is 0 Å². The molecule has 8 nitrogen and oxygen atoms in total. The van der Waals surface area contributed by atoms with Crippen LogP contribution in [0.15, 0.2) is 77.8 Å². The van der Waals surface area contributed by atoms with Gasteiger partial charge in [-0.3, -0.25) is 4.79 Å². The van der Waals surface area contributed by atoms with Gasteiger partial charge < -0.3 is 4.74 Å². The Kier molecular flexibility index (Phi) is 10.9. The molecule has 1 aromatic heterocycles. The average molecular weight is 579 g/mol. The second-order valence-electron chi connectivity index (χ2n) is 8.29. The van der Waals surface area contributed by atoms with Gasteiger partial charge in [-0.1, -0.05) is 48.2 Å². The summed E-state index contributed by atoms with van der Waals surface area (Å²) in [7, 11) is -4.28. The number of hydrogen-bond acceptors (Lipinski definition) is 6. The zero-order chi connectivity index (χ0) is 27.5. The van der Waals surface area contributed by atoms with Crippen molar-refractivity contribution in [1.29, 1.82) is 0 Å². The number of ether oxygens (including phenoxy) is 1. The number of carbonyl (C=O) groups is 2. The maximum atomic E-state index is 14.0. The van der Waals surface area contributed by atoms with Crippen LogP contribution in [0.1, 0.15) is 39.0 Å². The molecule has 0 N–H and O–H groups in total. The quantitative estimate of drug-likeness (QED) is 0.172. The van der Waals surface area contributed by atoms with Gasteiger partial charge in [0.15, 0.2) is 0 Å². The number of unbranched alkanes of at least 4 members (excludes halogenated alkanes) is 3. The minimum absolute atomic E-state index is 0.0794. The van der Waals surface area contributed by atoms with Crippen molar-refractivity contribution in [2.45, 2.75) is 43.9 Å². The van der Waals surface area contributed by atoms with Gasteiger partial charge in [0.05, 0.1) is 17.2 Å². The summed E-state index contributed by atoms with van der Waals surface area (Å²) in [5.74, 6) is -0.0117. The molecule has 0 fully saturated rings. The molecule has 38 heavy (non-hydrogen) atoms. The second-order valence-corrected chi connectivity index (χ2v) is 11.0. The van der Waals surface area contributed by atoms with E-state index in [1.54, 1.807) is 55.5 Å². The van der Waals surface area contributed by atoms with Crippen molar-refractivity contribution in [2.75, 3.05) is 18.1 Å². The number of esters is 1. The molecule has 3 aromatic rings. The van der Waals surface area contributed by atoms with Gasteiger partial charge in [0, 0.05) is 29.2 Å². The monoisotopic (exact) mass is 577 g/mol. The molecule has 0 saturated carbocycles. The van der Waals surface area contributed by atoms with Crippen molar-refractivity contribution >= 4 is 56.7 Å². The van der Waals surface area contributed by atoms with Gasteiger partial charge in [-0.25, -0.2) is 27.4 Å². The van der Waals surface area contributed by atoms with Gasteiger partial charge in [-0.05, 0) is 74.4 Å². The van der Waals surface area contributed by atoms with E-state index < -0.39 is 16.1 Å². The maximum Gasteiger partial charge on any atom is 0.344 e. The van der Waals surface area contributed by atoms with Crippen molar-refractivity contribution in [3.63, 3.8) is 0 Å². The summed E-state index contributed by atoms with van der Waals surface area (Å²) in [6.45, 7) is 2.00. The molecule has 0 saturated heterocycles. The third-order valence-electron chi connectivity index (χ3n) is 5.55. The summed E-state index contributed by atoms with van der Waals surface area (Å²) >= 11 is 12.1. The molecule has 0 aliphatic rings. The van der Waals surface area contributed by atoms with Crippen LogP contribution in [0.25, 0.3) is 0 Å². The van der Waals surface area contributed by atoms with E-state index in [1.165, 1.54) is 29.3 Å². The number of urea groups is 1. The van der Waals surface area contributed by atoms with Gasteiger partial charge in [0.2, 0.25) is 0 Å². The molecular formula is C27H29Cl2N3O5S. The zero-order valence-corrected chi connectivity index (χ0v) is 23.3. The van der Waals surface area contributed by atoms with E-state index in [2.05, 4.69) is 4.98 Å². The summed E-state index contributed by atoms with van der Waals surface area (Å²) in [5.41, 5.74) is 0.402. The summed E-state index contributed by atoms with van der Waals surface area (Å²) in [5, 5.41) is 0.699. The first-order chi connectivity index (χ1) is 18.2. The SMILES string of the molecule is CCOC(=O)CCCCCCN(C(=O)N(c1ccc(Cl)cc1)c1ccccn1)S(=O)(=O)c1cccc(Cl)c1. The molecule has 0 spiro atoms. The van der Waals surface area contributed by atoms with Crippen LogP contribution < -0.4 is 4.90 Å². The molecule has 202 valence electrons. The third kappa shape index (κ3) is 7.93. The summed E-state index contributed by atoms with van der Waals surface area (Å²) in [6, 6.07) is 16.5. The van der Waals surface area contributed by atoms with Crippen LogP contribution in [-0.4, -0.2) is 42.9 Å². The first kappa shape index (κ1) is 29.4. The predicted octanol–water partition coefficient (Wildman–Crippen LogP) is 6.85.